The van der Waals surface area contributed by atoms with Gasteiger partial charge in [0.1, 0.15) is 0 Å². The van der Waals surface area contributed by atoms with Crippen LogP contribution in [-0.4, -0.2) is 6.61 Å². The van der Waals surface area contributed by atoms with Crippen LogP contribution in [0.2, 0.25) is 0 Å². The highest BCUT2D eigenvalue weighted by Gasteiger charge is 2.00. The molecule has 1 atom stereocenters. The second-order valence-corrected chi connectivity index (χ2v) is 4.39. The summed E-state index contributed by atoms with van der Waals surface area (Å²) < 4.78 is 5.67. The van der Waals surface area contributed by atoms with E-state index in [1.165, 1.54) is 24.0 Å². The van der Waals surface area contributed by atoms with Crippen LogP contribution in [0, 0.1) is 12.8 Å². The molecule has 15 heavy (non-hydrogen) atoms. The van der Waals surface area contributed by atoms with E-state index in [-0.39, 0.29) is 0 Å². The molecule has 0 aliphatic carbocycles. The minimum atomic E-state index is 0.681. The molecule has 0 N–H and O–H groups in total. The lowest BCUT2D eigenvalue weighted by molar-refractivity contribution is 0.0893. The minimum absolute atomic E-state index is 0.681. The maximum absolute atomic E-state index is 5.67. The van der Waals surface area contributed by atoms with E-state index in [0.717, 1.165) is 13.2 Å². The van der Waals surface area contributed by atoms with Crippen LogP contribution in [0.4, 0.5) is 0 Å². The van der Waals surface area contributed by atoms with Gasteiger partial charge in [-0.2, -0.15) is 0 Å². The third-order valence-electron chi connectivity index (χ3n) is 2.57. The van der Waals surface area contributed by atoms with E-state index in [4.69, 9.17) is 4.74 Å². The molecule has 84 valence electrons. The van der Waals surface area contributed by atoms with Gasteiger partial charge in [0.05, 0.1) is 6.61 Å². The van der Waals surface area contributed by atoms with Crippen molar-refractivity contribution in [2.24, 2.45) is 5.92 Å². The molecule has 0 radical (unpaired) electrons. The molecule has 1 unspecified atom stereocenters. The Morgan fingerprint density at radius 1 is 1.20 bits per heavy atom. The molecule has 0 heterocycles. The highest BCUT2D eigenvalue weighted by Crippen LogP contribution is 2.08. The Morgan fingerprint density at radius 2 is 1.87 bits per heavy atom. The lowest BCUT2D eigenvalue weighted by atomic mass is 10.1. The van der Waals surface area contributed by atoms with Crippen LogP contribution in [0.5, 0.6) is 0 Å². The van der Waals surface area contributed by atoms with Crippen LogP contribution >= 0.6 is 0 Å². The van der Waals surface area contributed by atoms with Crippen molar-refractivity contribution in [3.63, 3.8) is 0 Å². The van der Waals surface area contributed by atoms with Gasteiger partial charge in [0.15, 0.2) is 0 Å². The Morgan fingerprint density at radius 3 is 2.47 bits per heavy atom. The summed E-state index contributed by atoms with van der Waals surface area (Å²) in [5.41, 5.74) is 2.57. The van der Waals surface area contributed by atoms with Gasteiger partial charge in [-0.3, -0.25) is 0 Å². The number of aryl methyl sites for hydroxylation is 1. The number of hydrogen-bond acceptors (Lipinski definition) is 1. The Balaban J connectivity index is 2.22. The SMILES string of the molecule is CCCC(C)COCc1ccc(C)cc1. The zero-order valence-electron chi connectivity index (χ0n) is 10.1. The molecule has 0 aromatic heterocycles. The van der Waals surface area contributed by atoms with E-state index in [2.05, 4.69) is 45.0 Å². The predicted octanol–water partition coefficient (Wildman–Crippen LogP) is 3.95. The highest BCUT2D eigenvalue weighted by atomic mass is 16.5. The quantitative estimate of drug-likeness (QED) is 0.685. The molecule has 0 amide bonds. The van der Waals surface area contributed by atoms with Gasteiger partial charge in [0.2, 0.25) is 0 Å². The van der Waals surface area contributed by atoms with Gasteiger partial charge >= 0.3 is 0 Å². The van der Waals surface area contributed by atoms with Crippen molar-refractivity contribution < 1.29 is 4.74 Å². The average Bonchev–Trinajstić information content (AvgIpc) is 2.21. The molecule has 0 bridgehead atoms. The number of ether oxygens (including phenoxy) is 1. The van der Waals surface area contributed by atoms with Crippen LogP contribution in [0.3, 0.4) is 0 Å². The van der Waals surface area contributed by atoms with Gasteiger partial charge in [-0.1, -0.05) is 50.1 Å². The summed E-state index contributed by atoms with van der Waals surface area (Å²) in [6.07, 6.45) is 2.50. The van der Waals surface area contributed by atoms with Gasteiger partial charge in [0, 0.05) is 6.61 Å². The molecular formula is C14H22O. The Kier molecular flexibility index (Phi) is 5.41. The Hall–Kier alpha value is -0.820. The highest BCUT2D eigenvalue weighted by molar-refractivity contribution is 5.20. The molecule has 0 aliphatic heterocycles. The van der Waals surface area contributed by atoms with Crippen LogP contribution in [0.15, 0.2) is 24.3 Å². The van der Waals surface area contributed by atoms with E-state index in [0.29, 0.717) is 5.92 Å². The molecule has 0 spiro atoms. The number of hydrogen-bond donors (Lipinski definition) is 0. The van der Waals surface area contributed by atoms with Gasteiger partial charge in [-0.05, 0) is 24.8 Å². The monoisotopic (exact) mass is 206 g/mol. The fraction of sp³-hybridized carbons (Fsp3) is 0.571. The average molecular weight is 206 g/mol. The Bertz CT molecular complexity index is 263. The van der Waals surface area contributed by atoms with Crippen LogP contribution < -0.4 is 0 Å². The first-order chi connectivity index (χ1) is 7.22. The van der Waals surface area contributed by atoms with Crippen LogP contribution in [-0.2, 0) is 11.3 Å². The largest absolute Gasteiger partial charge is 0.376 e. The summed E-state index contributed by atoms with van der Waals surface area (Å²) in [4.78, 5) is 0. The molecule has 0 saturated carbocycles. The molecule has 1 nitrogen and oxygen atoms in total. The van der Waals surface area contributed by atoms with E-state index in [1.54, 1.807) is 0 Å². The predicted molar refractivity (Wildman–Crippen MR) is 64.9 cm³/mol. The summed E-state index contributed by atoms with van der Waals surface area (Å²) in [5, 5.41) is 0. The molecule has 1 rings (SSSR count). The molecule has 0 saturated heterocycles. The molecule has 1 aromatic rings. The van der Waals surface area contributed by atoms with Gasteiger partial charge in [0.25, 0.3) is 0 Å². The molecular weight excluding hydrogens is 184 g/mol. The first kappa shape index (κ1) is 12.3. The van der Waals surface area contributed by atoms with Gasteiger partial charge < -0.3 is 4.74 Å². The van der Waals surface area contributed by atoms with Crippen LogP contribution in [0.1, 0.15) is 37.8 Å². The second kappa shape index (κ2) is 6.62. The zero-order valence-corrected chi connectivity index (χ0v) is 10.1. The normalized spacial score (nSPS) is 12.7. The van der Waals surface area contributed by atoms with E-state index < -0.39 is 0 Å². The van der Waals surface area contributed by atoms with Gasteiger partial charge in [-0.15, -0.1) is 0 Å². The lowest BCUT2D eigenvalue weighted by Gasteiger charge is -2.10. The first-order valence-electron chi connectivity index (χ1n) is 5.85. The maximum atomic E-state index is 5.67. The lowest BCUT2D eigenvalue weighted by Crippen LogP contribution is -2.05. The minimum Gasteiger partial charge on any atom is -0.376 e. The summed E-state index contributed by atoms with van der Waals surface area (Å²) in [5.74, 6) is 0.681. The molecule has 0 fully saturated rings. The van der Waals surface area contributed by atoms with Crippen molar-refractivity contribution in [3.05, 3.63) is 35.4 Å². The fourth-order valence-corrected chi connectivity index (χ4v) is 1.64. The third-order valence-corrected chi connectivity index (χ3v) is 2.57. The number of rotatable bonds is 6. The first-order valence-corrected chi connectivity index (χ1v) is 5.85. The standard InChI is InChI=1S/C14H22O/c1-4-5-13(3)10-15-11-14-8-6-12(2)7-9-14/h6-9,13H,4-5,10-11H2,1-3H3. The van der Waals surface area contributed by atoms with Crippen molar-refractivity contribution in [1.29, 1.82) is 0 Å². The summed E-state index contributed by atoms with van der Waals surface area (Å²) >= 11 is 0. The maximum Gasteiger partial charge on any atom is 0.0717 e. The van der Waals surface area contributed by atoms with Crippen LogP contribution in [0.25, 0.3) is 0 Å². The van der Waals surface area contributed by atoms with Crippen molar-refractivity contribution in [1.82, 2.24) is 0 Å². The smallest absolute Gasteiger partial charge is 0.0717 e. The summed E-state index contributed by atoms with van der Waals surface area (Å²) in [7, 11) is 0. The zero-order chi connectivity index (χ0) is 11.1. The Labute approximate surface area is 93.5 Å². The van der Waals surface area contributed by atoms with E-state index in [1.807, 2.05) is 0 Å². The summed E-state index contributed by atoms with van der Waals surface area (Å²) in [6.45, 7) is 8.19. The molecule has 1 heteroatoms. The van der Waals surface area contributed by atoms with E-state index >= 15 is 0 Å². The van der Waals surface area contributed by atoms with Crippen molar-refractivity contribution in [3.8, 4) is 0 Å². The fourth-order valence-electron chi connectivity index (χ4n) is 1.64. The molecule has 1 aromatic carbocycles. The van der Waals surface area contributed by atoms with Gasteiger partial charge in [-0.25, -0.2) is 0 Å². The number of benzene rings is 1. The van der Waals surface area contributed by atoms with E-state index in [9.17, 15) is 0 Å². The summed E-state index contributed by atoms with van der Waals surface area (Å²) in [6, 6.07) is 8.54. The van der Waals surface area contributed by atoms with Crippen molar-refractivity contribution in [2.45, 2.75) is 40.2 Å². The third kappa shape index (κ3) is 4.98. The molecule has 0 aliphatic rings. The van der Waals surface area contributed by atoms with Crippen molar-refractivity contribution >= 4 is 0 Å². The van der Waals surface area contributed by atoms with Crippen molar-refractivity contribution in [2.75, 3.05) is 6.61 Å². The topological polar surface area (TPSA) is 9.23 Å². The second-order valence-electron chi connectivity index (χ2n) is 4.39.